The molecule has 2 aromatic rings. The van der Waals surface area contributed by atoms with Crippen LogP contribution >= 0.6 is 0 Å². The van der Waals surface area contributed by atoms with Gasteiger partial charge in [-0.3, -0.25) is 4.90 Å². The van der Waals surface area contributed by atoms with Crippen molar-refractivity contribution in [2.75, 3.05) is 27.0 Å². The number of aliphatic hydroxyl groups excluding tert-OH is 1. The Balaban J connectivity index is 1.40. The fraction of sp³-hybridized carbons (Fsp3) is 0.400. The predicted octanol–water partition coefficient (Wildman–Crippen LogP) is 3.44. The van der Waals surface area contributed by atoms with Crippen LogP contribution in [0, 0.1) is 0 Å². The van der Waals surface area contributed by atoms with Gasteiger partial charge in [-0.1, -0.05) is 18.2 Å². The molecule has 0 bridgehead atoms. The third-order valence-electron chi connectivity index (χ3n) is 4.27. The lowest BCUT2D eigenvalue weighted by atomic mass is 10.1. The average Bonchev–Trinajstić information content (AvgIpc) is 3.09. The van der Waals surface area contributed by atoms with Crippen molar-refractivity contribution in [3.05, 3.63) is 59.2 Å². The van der Waals surface area contributed by atoms with E-state index in [9.17, 15) is 18.3 Å². The maximum atomic E-state index is 12.6. The van der Waals surface area contributed by atoms with Crippen molar-refractivity contribution in [3.8, 4) is 11.5 Å². The summed E-state index contributed by atoms with van der Waals surface area (Å²) in [5.74, 6) is 1.38. The van der Waals surface area contributed by atoms with Crippen molar-refractivity contribution in [1.29, 1.82) is 0 Å². The Hall–Kier alpha value is -2.29. The molecule has 152 valence electrons. The van der Waals surface area contributed by atoms with E-state index in [1.165, 1.54) is 12.1 Å². The average molecular weight is 397 g/mol. The van der Waals surface area contributed by atoms with Crippen molar-refractivity contribution in [1.82, 2.24) is 4.90 Å². The number of ether oxygens (including phenoxy) is 3. The Morgan fingerprint density at radius 2 is 1.75 bits per heavy atom. The number of benzene rings is 2. The lowest BCUT2D eigenvalue weighted by molar-refractivity contribution is -0.137. The van der Waals surface area contributed by atoms with Gasteiger partial charge in [-0.2, -0.15) is 13.2 Å². The largest absolute Gasteiger partial charge is 0.454 e. The van der Waals surface area contributed by atoms with Crippen LogP contribution < -0.4 is 9.47 Å². The number of fused-ring (bicyclic) bond motifs is 1. The first-order valence-electron chi connectivity index (χ1n) is 8.80. The van der Waals surface area contributed by atoms with Gasteiger partial charge in [0.05, 0.1) is 24.9 Å². The molecule has 1 aliphatic heterocycles. The number of alkyl halides is 3. The minimum Gasteiger partial charge on any atom is -0.454 e. The summed E-state index contributed by atoms with van der Waals surface area (Å²) in [5, 5.41) is 10.1. The third kappa shape index (κ3) is 5.60. The van der Waals surface area contributed by atoms with Crippen molar-refractivity contribution >= 4 is 0 Å². The number of rotatable bonds is 8. The van der Waals surface area contributed by atoms with Crippen molar-refractivity contribution in [3.63, 3.8) is 0 Å². The van der Waals surface area contributed by atoms with Gasteiger partial charge in [0.25, 0.3) is 0 Å². The van der Waals surface area contributed by atoms with Crippen molar-refractivity contribution < 1.29 is 32.5 Å². The highest BCUT2D eigenvalue weighted by Crippen LogP contribution is 2.32. The smallest absolute Gasteiger partial charge is 0.416 e. The highest BCUT2D eigenvalue weighted by molar-refractivity contribution is 5.44. The van der Waals surface area contributed by atoms with E-state index in [0.717, 1.165) is 23.3 Å². The molecule has 1 atom stereocenters. The van der Waals surface area contributed by atoms with Crippen LogP contribution in [-0.4, -0.2) is 43.1 Å². The van der Waals surface area contributed by atoms with Gasteiger partial charge in [0.1, 0.15) is 0 Å². The lowest BCUT2D eigenvalue weighted by Gasteiger charge is -2.21. The maximum Gasteiger partial charge on any atom is 0.416 e. The molecule has 1 aliphatic rings. The number of hydrogen-bond donors (Lipinski definition) is 1. The molecule has 1 unspecified atom stereocenters. The molecule has 0 saturated heterocycles. The first-order chi connectivity index (χ1) is 13.3. The monoisotopic (exact) mass is 397 g/mol. The summed E-state index contributed by atoms with van der Waals surface area (Å²) < 4.78 is 53.9. The predicted molar refractivity (Wildman–Crippen MR) is 96.0 cm³/mol. The van der Waals surface area contributed by atoms with Gasteiger partial charge in [0.15, 0.2) is 11.5 Å². The highest BCUT2D eigenvalue weighted by atomic mass is 19.4. The molecule has 2 aromatic carbocycles. The summed E-state index contributed by atoms with van der Waals surface area (Å²) in [7, 11) is 1.79. The summed E-state index contributed by atoms with van der Waals surface area (Å²) >= 11 is 0. The summed E-state index contributed by atoms with van der Waals surface area (Å²) in [6.07, 6.45) is -5.05. The van der Waals surface area contributed by atoms with E-state index < -0.39 is 17.8 Å². The second-order valence-corrected chi connectivity index (χ2v) is 6.75. The van der Waals surface area contributed by atoms with Gasteiger partial charge in [-0.15, -0.1) is 0 Å². The van der Waals surface area contributed by atoms with E-state index in [4.69, 9.17) is 14.2 Å². The molecule has 0 radical (unpaired) electrons. The van der Waals surface area contributed by atoms with E-state index in [2.05, 4.69) is 0 Å². The zero-order valence-corrected chi connectivity index (χ0v) is 15.4. The molecule has 0 aliphatic carbocycles. The Morgan fingerprint density at radius 3 is 2.46 bits per heavy atom. The number of hydrogen-bond acceptors (Lipinski definition) is 5. The van der Waals surface area contributed by atoms with E-state index in [-0.39, 0.29) is 13.4 Å². The van der Waals surface area contributed by atoms with Gasteiger partial charge >= 0.3 is 6.18 Å². The van der Waals surface area contributed by atoms with Crippen LogP contribution in [0.3, 0.4) is 0 Å². The van der Waals surface area contributed by atoms with Gasteiger partial charge in [0.2, 0.25) is 6.79 Å². The van der Waals surface area contributed by atoms with Gasteiger partial charge in [0, 0.05) is 13.1 Å². The normalized spacial score (nSPS) is 14.5. The molecule has 0 aromatic heterocycles. The van der Waals surface area contributed by atoms with Crippen LogP contribution in [0.25, 0.3) is 0 Å². The molecule has 1 heterocycles. The zero-order valence-electron chi connectivity index (χ0n) is 15.4. The van der Waals surface area contributed by atoms with E-state index in [1.807, 2.05) is 23.1 Å². The molecule has 28 heavy (non-hydrogen) atoms. The third-order valence-corrected chi connectivity index (χ3v) is 4.27. The van der Waals surface area contributed by atoms with Crippen LogP contribution in [0.15, 0.2) is 42.5 Å². The molecule has 5 nitrogen and oxygen atoms in total. The second-order valence-electron chi connectivity index (χ2n) is 6.75. The molecule has 3 rings (SSSR count). The van der Waals surface area contributed by atoms with Crippen LogP contribution in [0.2, 0.25) is 0 Å². The first kappa shape index (κ1) is 20.4. The number of likely N-dealkylation sites (N-methyl/N-ethyl adjacent to an activating group) is 1. The molecule has 0 amide bonds. The molecular formula is C20H22F3NO4. The second kappa shape index (κ2) is 8.81. The number of nitrogens with zero attached hydrogens (tertiary/aromatic N) is 1. The zero-order chi connectivity index (χ0) is 20.1. The van der Waals surface area contributed by atoms with Gasteiger partial charge in [-0.05, 0) is 42.4 Å². The first-order valence-corrected chi connectivity index (χ1v) is 8.80. The fourth-order valence-electron chi connectivity index (χ4n) is 2.93. The standard InChI is InChI=1S/C20H22F3NO4/c1-24(9-14-2-5-16(6-3-14)20(21,22)23)10-17(25)12-26-11-15-4-7-18-19(8-15)28-13-27-18/h2-8,17,25H,9-13H2,1H3. The molecule has 0 fully saturated rings. The van der Waals surface area contributed by atoms with E-state index in [1.54, 1.807) is 7.05 Å². The molecule has 8 heteroatoms. The quantitative estimate of drug-likeness (QED) is 0.740. The lowest BCUT2D eigenvalue weighted by Crippen LogP contribution is -2.31. The van der Waals surface area contributed by atoms with Crippen LogP contribution in [0.4, 0.5) is 13.2 Å². The van der Waals surface area contributed by atoms with E-state index >= 15 is 0 Å². The van der Waals surface area contributed by atoms with Crippen LogP contribution in [0.5, 0.6) is 11.5 Å². The summed E-state index contributed by atoms with van der Waals surface area (Å²) in [6, 6.07) is 10.5. The Morgan fingerprint density at radius 1 is 1.07 bits per heavy atom. The minimum atomic E-state index is -4.34. The van der Waals surface area contributed by atoms with Crippen molar-refractivity contribution in [2.45, 2.75) is 25.4 Å². The minimum absolute atomic E-state index is 0.145. The maximum absolute atomic E-state index is 12.6. The van der Waals surface area contributed by atoms with Crippen LogP contribution in [0.1, 0.15) is 16.7 Å². The Kier molecular flexibility index (Phi) is 6.43. The van der Waals surface area contributed by atoms with Crippen molar-refractivity contribution in [2.24, 2.45) is 0 Å². The Labute approximate surface area is 161 Å². The Bertz CT molecular complexity index is 780. The SMILES string of the molecule is CN(Cc1ccc(C(F)(F)F)cc1)CC(O)COCc1ccc2c(c1)OCO2. The van der Waals surface area contributed by atoms with Gasteiger partial charge < -0.3 is 19.3 Å². The molecule has 0 saturated carbocycles. The summed E-state index contributed by atoms with van der Waals surface area (Å²) in [6.45, 7) is 1.45. The number of aliphatic hydroxyl groups is 1. The molecular weight excluding hydrogens is 375 g/mol. The van der Waals surface area contributed by atoms with Crippen LogP contribution in [-0.2, 0) is 24.1 Å². The molecule has 1 N–H and O–H groups in total. The van der Waals surface area contributed by atoms with E-state index in [0.29, 0.717) is 31.2 Å². The number of halogens is 3. The highest BCUT2D eigenvalue weighted by Gasteiger charge is 2.29. The topological polar surface area (TPSA) is 51.2 Å². The summed E-state index contributed by atoms with van der Waals surface area (Å²) in [4.78, 5) is 1.83. The van der Waals surface area contributed by atoms with Gasteiger partial charge in [-0.25, -0.2) is 0 Å². The fourth-order valence-corrected chi connectivity index (χ4v) is 2.93. The molecule has 0 spiro atoms. The summed E-state index contributed by atoms with van der Waals surface area (Å²) in [5.41, 5.74) is 0.981.